The number of nitrogens with zero attached hydrogens (tertiary/aromatic N) is 1. The zero-order valence-corrected chi connectivity index (χ0v) is 10.8. The van der Waals surface area contributed by atoms with Crippen molar-refractivity contribution < 1.29 is 24.0 Å². The predicted octanol–water partition coefficient (Wildman–Crippen LogP) is -0.0974. The van der Waals surface area contributed by atoms with Gasteiger partial charge in [-0.05, 0) is 24.3 Å². The van der Waals surface area contributed by atoms with Gasteiger partial charge in [-0.25, -0.2) is 9.59 Å². The molecule has 2 rings (SSSR count). The topological polar surface area (TPSA) is 131 Å². The summed E-state index contributed by atoms with van der Waals surface area (Å²) in [6.45, 7) is 0. The third-order valence-electron chi connectivity index (χ3n) is 2.63. The fourth-order valence-electron chi connectivity index (χ4n) is 1.62. The molecule has 1 heterocycles. The van der Waals surface area contributed by atoms with E-state index in [1.807, 2.05) is 0 Å². The molecular weight excluding hydrogens is 280 g/mol. The molecule has 1 aromatic rings. The minimum absolute atomic E-state index is 0.0355. The molecule has 1 aromatic carbocycles. The van der Waals surface area contributed by atoms with Gasteiger partial charge in [-0.2, -0.15) is 0 Å². The molecule has 4 amide bonds. The monoisotopic (exact) mass is 292 g/mol. The van der Waals surface area contributed by atoms with Crippen LogP contribution in [0.2, 0.25) is 0 Å². The average molecular weight is 292 g/mol. The van der Waals surface area contributed by atoms with Gasteiger partial charge in [0.25, 0.3) is 11.8 Å². The number of hydroxylamine groups is 2. The molecule has 1 aliphatic rings. The molecule has 0 aromatic heterocycles. The second kappa shape index (κ2) is 5.90. The Kier molecular flexibility index (Phi) is 4.02. The smallest absolute Gasteiger partial charge is 0.350 e. The number of hydrazine groups is 1. The van der Waals surface area contributed by atoms with Crippen LogP contribution in [0, 0.1) is 0 Å². The number of hydrogen-bond donors (Lipinski definition) is 3. The van der Waals surface area contributed by atoms with Gasteiger partial charge < -0.3 is 10.6 Å². The summed E-state index contributed by atoms with van der Waals surface area (Å²) in [7, 11) is 0. The summed E-state index contributed by atoms with van der Waals surface area (Å²) in [5, 5.41) is 0.475. The predicted molar refractivity (Wildman–Crippen MR) is 69.3 cm³/mol. The molecule has 0 radical (unpaired) electrons. The van der Waals surface area contributed by atoms with Crippen molar-refractivity contribution in [2.45, 2.75) is 12.8 Å². The van der Waals surface area contributed by atoms with Crippen LogP contribution in [-0.4, -0.2) is 28.9 Å². The Morgan fingerprint density at radius 3 is 2.19 bits per heavy atom. The van der Waals surface area contributed by atoms with Crippen LogP contribution in [-0.2, 0) is 14.4 Å². The van der Waals surface area contributed by atoms with E-state index in [1.165, 1.54) is 24.3 Å². The van der Waals surface area contributed by atoms with Gasteiger partial charge in [-0.15, -0.1) is 5.06 Å². The standard InChI is InChI=1S/C12H12N4O5/c13-12(20)15-14-8-3-1-7(2-4-8)11(19)21-16-9(17)5-6-10(16)18/h1-4,14H,5-6H2,(H3,13,15,20). The van der Waals surface area contributed by atoms with Crippen molar-refractivity contribution in [1.82, 2.24) is 10.5 Å². The number of amides is 4. The lowest BCUT2D eigenvalue weighted by Gasteiger charge is -2.12. The van der Waals surface area contributed by atoms with Crippen LogP contribution in [0.3, 0.4) is 0 Å². The van der Waals surface area contributed by atoms with Crippen molar-refractivity contribution in [3.63, 3.8) is 0 Å². The summed E-state index contributed by atoms with van der Waals surface area (Å²) in [5.74, 6) is -1.91. The van der Waals surface area contributed by atoms with Gasteiger partial charge in [0.1, 0.15) is 0 Å². The lowest BCUT2D eigenvalue weighted by molar-refractivity contribution is -0.172. The van der Waals surface area contributed by atoms with Crippen molar-refractivity contribution in [2.75, 3.05) is 5.43 Å². The number of anilines is 1. The van der Waals surface area contributed by atoms with E-state index < -0.39 is 23.8 Å². The van der Waals surface area contributed by atoms with Crippen LogP contribution >= 0.6 is 0 Å². The van der Waals surface area contributed by atoms with E-state index in [0.29, 0.717) is 10.8 Å². The second-order valence-electron chi connectivity index (χ2n) is 4.15. The lowest BCUT2D eigenvalue weighted by Crippen LogP contribution is -2.34. The third-order valence-corrected chi connectivity index (χ3v) is 2.63. The fourth-order valence-corrected chi connectivity index (χ4v) is 1.62. The maximum atomic E-state index is 11.8. The molecule has 0 bridgehead atoms. The van der Waals surface area contributed by atoms with Crippen molar-refractivity contribution >= 4 is 29.5 Å². The average Bonchev–Trinajstić information content (AvgIpc) is 2.77. The first-order valence-corrected chi connectivity index (χ1v) is 5.97. The van der Waals surface area contributed by atoms with E-state index in [4.69, 9.17) is 10.6 Å². The zero-order valence-electron chi connectivity index (χ0n) is 10.8. The van der Waals surface area contributed by atoms with Crippen LogP contribution in [0.5, 0.6) is 0 Å². The SMILES string of the molecule is NC(=O)NNc1ccc(C(=O)ON2C(=O)CCC2=O)cc1. The first-order valence-electron chi connectivity index (χ1n) is 5.97. The lowest BCUT2D eigenvalue weighted by atomic mass is 10.2. The first-order chi connectivity index (χ1) is 9.97. The summed E-state index contributed by atoms with van der Waals surface area (Å²) in [6.07, 6.45) is 0.0709. The number of imide groups is 1. The molecule has 4 N–H and O–H groups in total. The number of carbonyl (C=O) groups excluding carboxylic acids is 4. The number of benzene rings is 1. The van der Waals surface area contributed by atoms with Gasteiger partial charge in [0.05, 0.1) is 11.3 Å². The van der Waals surface area contributed by atoms with E-state index in [-0.39, 0.29) is 18.4 Å². The van der Waals surface area contributed by atoms with Crippen LogP contribution in [0.4, 0.5) is 10.5 Å². The first kappa shape index (κ1) is 14.3. The van der Waals surface area contributed by atoms with Crippen molar-refractivity contribution in [3.05, 3.63) is 29.8 Å². The summed E-state index contributed by atoms with van der Waals surface area (Å²) < 4.78 is 0. The van der Waals surface area contributed by atoms with Crippen LogP contribution in [0.1, 0.15) is 23.2 Å². The molecule has 21 heavy (non-hydrogen) atoms. The molecule has 9 nitrogen and oxygen atoms in total. The molecule has 0 saturated carbocycles. The number of primary amides is 1. The molecule has 1 fully saturated rings. The maximum Gasteiger partial charge on any atom is 0.363 e. The fraction of sp³-hybridized carbons (Fsp3) is 0.167. The number of hydrogen-bond acceptors (Lipinski definition) is 6. The van der Waals surface area contributed by atoms with E-state index in [0.717, 1.165) is 0 Å². The van der Waals surface area contributed by atoms with Crippen LogP contribution in [0.15, 0.2) is 24.3 Å². The quantitative estimate of drug-likeness (QED) is 0.524. The van der Waals surface area contributed by atoms with E-state index >= 15 is 0 Å². The maximum absolute atomic E-state index is 11.8. The molecule has 0 aliphatic carbocycles. The van der Waals surface area contributed by atoms with E-state index in [1.54, 1.807) is 0 Å². The molecule has 1 aliphatic heterocycles. The molecular formula is C12H12N4O5. The Morgan fingerprint density at radius 2 is 1.67 bits per heavy atom. The highest BCUT2D eigenvalue weighted by Gasteiger charge is 2.33. The van der Waals surface area contributed by atoms with Crippen molar-refractivity contribution in [1.29, 1.82) is 0 Å². The summed E-state index contributed by atoms with van der Waals surface area (Å²) in [6, 6.07) is 5.02. The highest BCUT2D eigenvalue weighted by Crippen LogP contribution is 2.15. The Labute approximate surface area is 118 Å². The Hall–Kier alpha value is -3.10. The number of nitrogens with two attached hydrogens (primary N) is 1. The highest BCUT2D eigenvalue weighted by molar-refractivity contribution is 6.02. The molecule has 0 spiro atoms. The van der Waals surface area contributed by atoms with Gasteiger partial charge >= 0.3 is 12.0 Å². The van der Waals surface area contributed by atoms with Gasteiger partial charge in [0, 0.05) is 12.8 Å². The third kappa shape index (κ3) is 3.47. The van der Waals surface area contributed by atoms with Gasteiger partial charge in [-0.3, -0.25) is 20.4 Å². The number of nitrogens with one attached hydrogen (secondary N) is 2. The zero-order chi connectivity index (χ0) is 15.4. The minimum Gasteiger partial charge on any atom is -0.350 e. The Morgan fingerprint density at radius 1 is 1.10 bits per heavy atom. The molecule has 9 heteroatoms. The molecule has 0 atom stereocenters. The summed E-state index contributed by atoms with van der Waals surface area (Å²) >= 11 is 0. The van der Waals surface area contributed by atoms with Crippen LogP contribution < -0.4 is 16.6 Å². The van der Waals surface area contributed by atoms with E-state index in [9.17, 15) is 19.2 Å². The van der Waals surface area contributed by atoms with Crippen molar-refractivity contribution in [2.24, 2.45) is 5.73 Å². The highest BCUT2D eigenvalue weighted by atomic mass is 16.7. The number of rotatable bonds is 4. The second-order valence-corrected chi connectivity index (χ2v) is 4.15. The van der Waals surface area contributed by atoms with Gasteiger partial charge in [-0.1, -0.05) is 0 Å². The molecule has 1 saturated heterocycles. The van der Waals surface area contributed by atoms with Gasteiger partial charge in [0.2, 0.25) is 0 Å². The van der Waals surface area contributed by atoms with Gasteiger partial charge in [0.15, 0.2) is 0 Å². The van der Waals surface area contributed by atoms with Crippen molar-refractivity contribution in [3.8, 4) is 0 Å². The summed E-state index contributed by atoms with van der Waals surface area (Å²) in [5.41, 5.74) is 10.2. The largest absolute Gasteiger partial charge is 0.363 e. The Balaban J connectivity index is 1.98. The Bertz CT molecular complexity index is 582. The number of urea groups is 1. The summed E-state index contributed by atoms with van der Waals surface area (Å²) in [4.78, 5) is 49.7. The normalized spacial score (nSPS) is 14.0. The molecule has 0 unspecified atom stereocenters. The van der Waals surface area contributed by atoms with E-state index in [2.05, 4.69) is 10.9 Å². The van der Waals surface area contributed by atoms with Crippen LogP contribution in [0.25, 0.3) is 0 Å². The number of carbonyl (C=O) groups is 4. The molecule has 110 valence electrons. The minimum atomic E-state index is -0.826.